The third kappa shape index (κ3) is 4.69. The minimum absolute atomic E-state index is 0.338. The number of methoxy groups -OCH3 is 1. The highest BCUT2D eigenvalue weighted by molar-refractivity contribution is 5.32. The number of nitrogens with one attached hydrogen (secondary N) is 1. The van der Waals surface area contributed by atoms with E-state index in [0.29, 0.717) is 6.61 Å². The van der Waals surface area contributed by atoms with Crippen molar-refractivity contribution in [3.8, 4) is 11.5 Å². The largest absolute Gasteiger partial charge is 0.497 e. The molecule has 3 unspecified atom stereocenters. The Labute approximate surface area is 121 Å². The second-order valence-corrected chi connectivity index (χ2v) is 5.80. The molecule has 4 nitrogen and oxygen atoms in total. The average molecular weight is 280 g/mol. The summed E-state index contributed by atoms with van der Waals surface area (Å²) in [4.78, 5) is 1.49. The van der Waals surface area contributed by atoms with Gasteiger partial charge < -0.3 is 19.5 Å². The summed E-state index contributed by atoms with van der Waals surface area (Å²) in [5.41, 5.74) is 0. The molecule has 3 atom stereocenters. The normalized spacial score (nSPS) is 24.1. The number of aliphatic hydroxyl groups excluding tert-OH is 1. The molecule has 0 bridgehead atoms. The van der Waals surface area contributed by atoms with Gasteiger partial charge in [-0.15, -0.1) is 0 Å². The van der Waals surface area contributed by atoms with E-state index in [9.17, 15) is 5.11 Å². The quantitative estimate of drug-likeness (QED) is 0.808. The molecule has 112 valence electrons. The van der Waals surface area contributed by atoms with Crippen LogP contribution >= 0.6 is 0 Å². The molecule has 0 radical (unpaired) electrons. The van der Waals surface area contributed by atoms with Crippen LogP contribution in [0.25, 0.3) is 0 Å². The molecule has 1 aromatic carbocycles. The van der Waals surface area contributed by atoms with Crippen molar-refractivity contribution in [1.29, 1.82) is 0 Å². The number of piperidine rings is 1. The van der Waals surface area contributed by atoms with Gasteiger partial charge >= 0.3 is 0 Å². The van der Waals surface area contributed by atoms with Crippen molar-refractivity contribution in [2.75, 3.05) is 33.4 Å². The van der Waals surface area contributed by atoms with Crippen molar-refractivity contribution >= 4 is 0 Å². The molecule has 2 rings (SSSR count). The van der Waals surface area contributed by atoms with Gasteiger partial charge in [0.1, 0.15) is 30.8 Å². The van der Waals surface area contributed by atoms with E-state index in [4.69, 9.17) is 9.47 Å². The highest BCUT2D eigenvalue weighted by Crippen LogP contribution is 2.18. The molecular formula is C16H26NO3+. The van der Waals surface area contributed by atoms with Crippen LogP contribution in [0.15, 0.2) is 24.3 Å². The molecule has 0 aromatic heterocycles. The van der Waals surface area contributed by atoms with Gasteiger partial charge in [-0.2, -0.15) is 0 Å². The number of rotatable bonds is 6. The van der Waals surface area contributed by atoms with Gasteiger partial charge in [-0.05, 0) is 25.0 Å². The summed E-state index contributed by atoms with van der Waals surface area (Å²) < 4.78 is 10.8. The first-order valence-electron chi connectivity index (χ1n) is 7.46. The smallest absolute Gasteiger partial charge is 0.137 e. The van der Waals surface area contributed by atoms with Gasteiger partial charge in [-0.25, -0.2) is 0 Å². The summed E-state index contributed by atoms with van der Waals surface area (Å²) in [6.45, 7) is 5.73. The highest BCUT2D eigenvalue weighted by atomic mass is 16.5. The van der Waals surface area contributed by atoms with Crippen LogP contribution < -0.4 is 14.4 Å². The Morgan fingerprint density at radius 3 is 2.95 bits per heavy atom. The number of benzene rings is 1. The predicted molar refractivity (Wildman–Crippen MR) is 78.5 cm³/mol. The monoisotopic (exact) mass is 280 g/mol. The number of hydrogen-bond donors (Lipinski definition) is 2. The van der Waals surface area contributed by atoms with Crippen LogP contribution in [0.5, 0.6) is 11.5 Å². The van der Waals surface area contributed by atoms with Crippen LogP contribution in [-0.4, -0.2) is 44.6 Å². The summed E-state index contributed by atoms with van der Waals surface area (Å²) in [6, 6.07) is 7.48. The molecule has 0 aliphatic carbocycles. The topological polar surface area (TPSA) is 43.1 Å². The molecule has 2 N–H and O–H groups in total. The molecule has 0 spiro atoms. The Bertz CT molecular complexity index is 410. The highest BCUT2D eigenvalue weighted by Gasteiger charge is 2.22. The van der Waals surface area contributed by atoms with Crippen LogP contribution in [-0.2, 0) is 0 Å². The van der Waals surface area contributed by atoms with Crippen molar-refractivity contribution in [2.45, 2.75) is 25.9 Å². The summed E-state index contributed by atoms with van der Waals surface area (Å²) >= 11 is 0. The fraction of sp³-hybridized carbons (Fsp3) is 0.625. The minimum atomic E-state index is -0.415. The number of aliphatic hydroxyl groups is 1. The van der Waals surface area contributed by atoms with E-state index in [-0.39, 0.29) is 0 Å². The number of hydrogen-bond acceptors (Lipinski definition) is 3. The fourth-order valence-electron chi connectivity index (χ4n) is 2.86. The Morgan fingerprint density at radius 1 is 1.40 bits per heavy atom. The molecule has 4 heteroatoms. The Balaban J connectivity index is 1.75. The molecule has 1 fully saturated rings. The van der Waals surface area contributed by atoms with Gasteiger partial charge in [-0.3, -0.25) is 0 Å². The van der Waals surface area contributed by atoms with Crippen molar-refractivity contribution in [2.24, 2.45) is 5.92 Å². The Morgan fingerprint density at radius 2 is 2.20 bits per heavy atom. The van der Waals surface area contributed by atoms with Crippen LogP contribution in [0.1, 0.15) is 19.8 Å². The van der Waals surface area contributed by atoms with Gasteiger partial charge in [0.25, 0.3) is 0 Å². The predicted octanol–water partition coefficient (Wildman–Crippen LogP) is 0.750. The minimum Gasteiger partial charge on any atom is -0.497 e. The van der Waals surface area contributed by atoms with Crippen molar-refractivity contribution in [3.63, 3.8) is 0 Å². The van der Waals surface area contributed by atoms with E-state index >= 15 is 0 Å². The van der Waals surface area contributed by atoms with Crippen molar-refractivity contribution in [3.05, 3.63) is 24.3 Å². The molecule has 1 aromatic rings. The van der Waals surface area contributed by atoms with E-state index < -0.39 is 6.10 Å². The molecular weight excluding hydrogens is 254 g/mol. The average Bonchev–Trinajstić information content (AvgIpc) is 2.45. The molecule has 1 aliphatic rings. The number of quaternary nitrogens is 1. The second kappa shape index (κ2) is 7.50. The van der Waals surface area contributed by atoms with Crippen LogP contribution in [0.4, 0.5) is 0 Å². The standard InChI is InChI=1S/C16H25NO3/c1-13-5-4-8-17(10-13)11-14(18)12-20-16-7-3-6-15(9-16)19-2/h3,6-7,9,13-14,18H,4-5,8,10-12H2,1-2H3/p+1. The lowest BCUT2D eigenvalue weighted by molar-refractivity contribution is -0.911. The van der Waals surface area contributed by atoms with E-state index in [2.05, 4.69) is 6.92 Å². The molecule has 1 saturated heterocycles. The van der Waals surface area contributed by atoms with E-state index in [1.165, 1.54) is 24.3 Å². The zero-order valence-electron chi connectivity index (χ0n) is 12.5. The number of likely N-dealkylation sites (tertiary alicyclic amines) is 1. The zero-order chi connectivity index (χ0) is 14.4. The van der Waals surface area contributed by atoms with E-state index in [1.807, 2.05) is 24.3 Å². The Hall–Kier alpha value is -1.26. The SMILES string of the molecule is COc1cccc(OCC(O)C[NH+]2CCCC(C)C2)c1. The molecule has 0 saturated carbocycles. The lowest BCUT2D eigenvalue weighted by Crippen LogP contribution is -3.14. The van der Waals surface area contributed by atoms with Crippen LogP contribution in [0, 0.1) is 5.92 Å². The summed E-state index contributed by atoms with van der Waals surface area (Å²) in [6.07, 6.45) is 2.17. The van der Waals surface area contributed by atoms with Crippen LogP contribution in [0.2, 0.25) is 0 Å². The Kier molecular flexibility index (Phi) is 5.68. The van der Waals surface area contributed by atoms with Gasteiger partial charge in [0.2, 0.25) is 0 Å². The van der Waals surface area contributed by atoms with Crippen molar-refractivity contribution < 1.29 is 19.5 Å². The number of ether oxygens (including phenoxy) is 2. The summed E-state index contributed by atoms with van der Waals surface area (Å²) in [7, 11) is 1.63. The third-order valence-electron chi connectivity index (χ3n) is 3.87. The first-order chi connectivity index (χ1) is 9.67. The first kappa shape index (κ1) is 15.1. The molecule has 0 amide bonds. The van der Waals surface area contributed by atoms with Crippen LogP contribution in [0.3, 0.4) is 0 Å². The maximum atomic E-state index is 10.1. The first-order valence-corrected chi connectivity index (χ1v) is 7.46. The van der Waals surface area contributed by atoms with Gasteiger partial charge in [0.05, 0.1) is 20.2 Å². The van der Waals surface area contributed by atoms with Crippen molar-refractivity contribution in [1.82, 2.24) is 0 Å². The second-order valence-electron chi connectivity index (χ2n) is 5.80. The van der Waals surface area contributed by atoms with Gasteiger partial charge in [0.15, 0.2) is 0 Å². The maximum absolute atomic E-state index is 10.1. The molecule has 20 heavy (non-hydrogen) atoms. The lowest BCUT2D eigenvalue weighted by Gasteiger charge is -2.29. The lowest BCUT2D eigenvalue weighted by atomic mass is 10.0. The van der Waals surface area contributed by atoms with Gasteiger partial charge in [-0.1, -0.05) is 13.0 Å². The molecule has 1 aliphatic heterocycles. The summed E-state index contributed by atoms with van der Waals surface area (Å²) in [5, 5.41) is 10.1. The zero-order valence-corrected chi connectivity index (χ0v) is 12.5. The summed E-state index contributed by atoms with van der Waals surface area (Å²) in [5.74, 6) is 2.28. The van der Waals surface area contributed by atoms with E-state index in [0.717, 1.165) is 30.5 Å². The molecule has 1 heterocycles. The van der Waals surface area contributed by atoms with Gasteiger partial charge in [0, 0.05) is 12.0 Å². The third-order valence-corrected chi connectivity index (χ3v) is 3.87. The maximum Gasteiger partial charge on any atom is 0.137 e. The van der Waals surface area contributed by atoms with E-state index in [1.54, 1.807) is 7.11 Å². The fourth-order valence-corrected chi connectivity index (χ4v) is 2.86.